The molecule has 44 heteroatoms. The van der Waals surface area contributed by atoms with Gasteiger partial charge >= 0.3 is 0 Å². The van der Waals surface area contributed by atoms with Gasteiger partial charge in [0.1, 0.15) is 83.6 Å². The number of likely N-dealkylation sites (tertiary alicyclic amines) is 1. The van der Waals surface area contributed by atoms with Crippen LogP contribution in [0.5, 0.6) is 0 Å². The Labute approximate surface area is 741 Å². The van der Waals surface area contributed by atoms with Crippen molar-refractivity contribution >= 4 is 112 Å². The van der Waals surface area contributed by atoms with Crippen molar-refractivity contribution in [1.82, 2.24) is 89.6 Å². The van der Waals surface area contributed by atoms with Gasteiger partial charge in [0.05, 0.1) is 19.1 Å². The second-order valence-corrected chi connectivity index (χ2v) is 35.3. The van der Waals surface area contributed by atoms with E-state index in [2.05, 4.69) is 84.7 Å². The molecule has 2 aliphatic carbocycles. The predicted molar refractivity (Wildman–Crippen MR) is 467 cm³/mol. The van der Waals surface area contributed by atoms with Crippen molar-refractivity contribution in [3.63, 3.8) is 0 Å². The highest BCUT2D eigenvalue weighted by Crippen LogP contribution is 2.30. The Morgan fingerprint density at radius 2 is 0.961 bits per heavy atom. The van der Waals surface area contributed by atoms with Gasteiger partial charge in [0.2, 0.25) is 100 Å². The highest BCUT2D eigenvalue weighted by Gasteiger charge is 2.45. The van der Waals surface area contributed by atoms with E-state index in [0.717, 1.165) is 58.3 Å². The predicted octanol–water partition coefficient (Wildman–Crippen LogP) is -4.82. The van der Waals surface area contributed by atoms with Crippen LogP contribution in [0.3, 0.4) is 0 Å². The Kier molecular flexibility index (Phi) is 45.2. The molecule has 127 heavy (non-hydrogen) atoms. The number of carbonyl (C=O) groups is 17. The highest BCUT2D eigenvalue weighted by molar-refractivity contribution is 6.02. The lowest BCUT2D eigenvalue weighted by Gasteiger charge is -2.34. The third-order valence-electron chi connectivity index (χ3n) is 22.7. The van der Waals surface area contributed by atoms with E-state index < -0.39 is 227 Å². The number of carbonyl (C=O) groups excluding carboxylic acids is 17. The van der Waals surface area contributed by atoms with Crippen molar-refractivity contribution in [3.8, 4) is 0 Å². The van der Waals surface area contributed by atoms with Gasteiger partial charge < -0.3 is 129 Å². The monoisotopic (exact) mass is 1790 g/mol. The number of amides is 17. The van der Waals surface area contributed by atoms with Crippen molar-refractivity contribution < 1.29 is 91.7 Å². The SMILES string of the molecule is CC[C@](C)(NC(=O)[C@H]1CCCN1C(=O)[C@H](CO)NC(C)=O)C(=O)N[C@@H](Cc1ccncc1)C(=O)N[C@@H](CC1CCCCC1)C(=O)N[C@@H](CC(C)(C)C)C(=O)N[C@@H](CC(N)=O)C(=O)N[C@@H](CCCCN)C(=O)NC(C)(C)C(=O)N[C@H](C(=O)N[C@@H](CCCNC(=N)N)C(=O)N[C@@H](CCC(N)=O)C(=O)N[C@@H](CCCNC(=N)N)C(=O)N[C@@H](CC1CCCCC1)C(N)=O)[C@@H](C)O. The first-order valence-electron chi connectivity index (χ1n) is 43.9. The fourth-order valence-electron chi connectivity index (χ4n) is 15.4. The molecule has 0 bridgehead atoms. The van der Waals surface area contributed by atoms with Crippen LogP contribution in [-0.4, -0.2) is 255 Å². The second-order valence-electron chi connectivity index (χ2n) is 35.3. The average molecular weight is 1790 g/mol. The summed E-state index contributed by atoms with van der Waals surface area (Å²) in [5.41, 5.74) is 29.8. The summed E-state index contributed by atoms with van der Waals surface area (Å²) >= 11 is 0. The van der Waals surface area contributed by atoms with E-state index in [1.165, 1.54) is 45.0 Å². The van der Waals surface area contributed by atoms with E-state index in [-0.39, 0.29) is 121 Å². The van der Waals surface area contributed by atoms with Crippen LogP contribution in [0.15, 0.2) is 24.5 Å². The molecule has 1 aromatic rings. The molecule has 14 atom stereocenters. The number of nitrogens with zero attached hydrogens (tertiary/aromatic N) is 2. The zero-order valence-electron chi connectivity index (χ0n) is 74.8. The second kappa shape index (κ2) is 53.3. The molecule has 0 unspecified atom stereocenters. The average Bonchev–Trinajstić information content (AvgIpc) is 1.79. The van der Waals surface area contributed by atoms with Crippen molar-refractivity contribution in [1.29, 1.82) is 10.8 Å². The van der Waals surface area contributed by atoms with E-state index in [1.807, 2.05) is 0 Å². The van der Waals surface area contributed by atoms with Gasteiger partial charge in [-0.25, -0.2) is 0 Å². The number of aromatic nitrogens is 1. The number of nitrogens with one attached hydrogen (secondary N) is 17. The molecular weight excluding hydrogens is 1650 g/mol. The van der Waals surface area contributed by atoms with Crippen LogP contribution in [0, 0.1) is 28.1 Å². The number of hydrogen-bond donors (Lipinski definition) is 25. The standard InChI is InChI=1S/C83H141N25O19/c1-10-83(9,107-74(123)61-29-21-39-108(61)76(125)60(45-109)95-47(3)111)78(127)104-57(42-50-32-37-92-38-33-50)70(119)101-56(41-49-24-15-12-16-25-49)69(118)103-59(44-81(4,5)6)72(121)102-58(43-63(86)113)71(120)97-53(26-17-18-34-84)73(122)106-82(7,8)77(126)105-64(46(2)110)75(124)99-52(28-20-36-94-80(90)91)66(115)98-54(30-31-62(85)112)68(117)96-51(27-19-35-93-79(88)89)67(116)100-55(65(87)114)40-48-22-13-11-14-23-48/h32-33,37-38,46,48-49,51-61,64,109-110H,10-31,34-36,39-45,84H2,1-9H3,(H2,85,112)(H2,86,113)(H2,87,114)(H,95,111)(H,96,117)(H,97,120)(H,98,115)(H,99,124)(H,100,116)(H,101,119)(H,102,121)(H,103,118)(H,104,127)(H,105,126)(H,106,122)(H,107,123)(H4,88,89,93)(H4,90,91,94)/t46-,51+,52+,53+,54+,55+,56+,57+,58+,59+,60+,61-,64+,83+/m1/s1. The molecule has 31 N–H and O–H groups in total. The number of aliphatic hydroxyl groups excluding tert-OH is 2. The van der Waals surface area contributed by atoms with Gasteiger partial charge in [-0.05, 0) is 159 Å². The lowest BCUT2D eigenvalue weighted by atomic mass is 9.84. The van der Waals surface area contributed by atoms with Crippen LogP contribution in [0.25, 0.3) is 0 Å². The van der Waals surface area contributed by atoms with Crippen LogP contribution in [0.4, 0.5) is 0 Å². The number of aliphatic hydroxyl groups is 2. The van der Waals surface area contributed by atoms with Gasteiger partial charge in [0, 0.05) is 51.8 Å². The van der Waals surface area contributed by atoms with Gasteiger partial charge in [0.25, 0.3) is 0 Å². The summed E-state index contributed by atoms with van der Waals surface area (Å²) in [4.78, 5) is 244. The maximum atomic E-state index is 15.1. The van der Waals surface area contributed by atoms with E-state index in [4.69, 9.17) is 45.2 Å². The van der Waals surface area contributed by atoms with Gasteiger partial charge in [-0.1, -0.05) is 91.9 Å². The number of nitrogens with two attached hydrogens (primary N) is 6. The first-order valence-corrected chi connectivity index (χ1v) is 43.9. The van der Waals surface area contributed by atoms with E-state index >= 15 is 9.59 Å². The zero-order valence-corrected chi connectivity index (χ0v) is 74.8. The van der Waals surface area contributed by atoms with Gasteiger partial charge in [-0.3, -0.25) is 97.3 Å². The van der Waals surface area contributed by atoms with Crippen molar-refractivity contribution in [2.45, 2.75) is 325 Å². The van der Waals surface area contributed by atoms with Crippen molar-refractivity contribution in [2.75, 3.05) is 32.8 Å². The molecule has 3 fully saturated rings. The molecule has 0 aromatic carbocycles. The molecule has 0 spiro atoms. The minimum absolute atomic E-state index is 0.0126. The van der Waals surface area contributed by atoms with E-state index in [1.54, 1.807) is 39.8 Å². The maximum absolute atomic E-state index is 15.1. The summed E-state index contributed by atoms with van der Waals surface area (Å²) in [6.45, 7) is 12.5. The molecule has 4 rings (SSSR count). The number of unbranched alkanes of at least 4 members (excludes halogenated alkanes) is 1. The maximum Gasteiger partial charge on any atom is 0.248 e. The van der Waals surface area contributed by atoms with E-state index in [9.17, 15) is 82.1 Å². The number of hydrogen-bond acceptors (Lipinski definition) is 23. The largest absolute Gasteiger partial charge is 0.394 e. The topological polar surface area (TPSA) is 731 Å². The number of pyridine rings is 1. The molecule has 712 valence electrons. The molecule has 2 saturated carbocycles. The minimum atomic E-state index is -2.06. The summed E-state index contributed by atoms with van der Waals surface area (Å²) in [6.07, 6.45) is 8.28. The molecule has 2 heterocycles. The van der Waals surface area contributed by atoms with Crippen LogP contribution in [-0.2, 0) is 87.9 Å². The Balaban J connectivity index is 1.61. The van der Waals surface area contributed by atoms with E-state index in [0.29, 0.717) is 31.2 Å². The third kappa shape index (κ3) is 38.3. The van der Waals surface area contributed by atoms with Crippen LogP contribution < -0.4 is 114 Å². The number of rotatable bonds is 54. The first-order chi connectivity index (χ1) is 59.7. The van der Waals surface area contributed by atoms with Crippen LogP contribution in [0.1, 0.15) is 235 Å². The smallest absolute Gasteiger partial charge is 0.248 e. The fourth-order valence-corrected chi connectivity index (χ4v) is 15.4. The van der Waals surface area contributed by atoms with Crippen molar-refractivity contribution in [3.05, 3.63) is 30.1 Å². The zero-order chi connectivity index (χ0) is 95.1. The molecule has 17 amide bonds. The highest BCUT2D eigenvalue weighted by atomic mass is 16.3. The summed E-state index contributed by atoms with van der Waals surface area (Å²) in [5, 5.41) is 75.3. The molecule has 44 nitrogen and oxygen atoms in total. The summed E-state index contributed by atoms with van der Waals surface area (Å²) in [6, 6.07) is -14.7. The Hall–Kier alpha value is -11.4. The summed E-state index contributed by atoms with van der Waals surface area (Å²) in [7, 11) is 0. The number of primary amides is 3. The molecule has 3 aliphatic rings. The molecular formula is C83H141N25O19. The quantitative estimate of drug-likeness (QED) is 0.0165. The molecule has 0 radical (unpaired) electrons. The lowest BCUT2D eigenvalue weighted by molar-refractivity contribution is -0.144. The van der Waals surface area contributed by atoms with Crippen LogP contribution >= 0.6 is 0 Å². The number of guanidine groups is 2. The third-order valence-corrected chi connectivity index (χ3v) is 22.7. The van der Waals surface area contributed by atoms with Gasteiger partial charge in [-0.2, -0.15) is 0 Å². The lowest BCUT2D eigenvalue weighted by Crippen LogP contribution is -2.65. The van der Waals surface area contributed by atoms with Crippen molar-refractivity contribution in [2.24, 2.45) is 51.7 Å². The fraction of sp³-hybridized carbons (Fsp3) is 0.711. The first kappa shape index (κ1) is 108. The Morgan fingerprint density at radius 1 is 0.504 bits per heavy atom. The van der Waals surface area contributed by atoms with Crippen LogP contribution in [0.2, 0.25) is 0 Å². The molecule has 1 saturated heterocycles. The molecule has 1 aromatic heterocycles. The summed E-state index contributed by atoms with van der Waals surface area (Å²) < 4.78 is 0. The Morgan fingerprint density at radius 3 is 1.44 bits per heavy atom. The Bertz CT molecular complexity index is 3930. The van der Waals surface area contributed by atoms with Gasteiger partial charge in [-0.15, -0.1) is 0 Å². The minimum Gasteiger partial charge on any atom is -0.394 e. The summed E-state index contributed by atoms with van der Waals surface area (Å²) in [5.74, 6) is -16.6. The van der Waals surface area contributed by atoms with Gasteiger partial charge in [0.15, 0.2) is 11.9 Å². The molecule has 1 aliphatic heterocycles. The normalized spacial score (nSPS) is 17.6.